The first-order valence-corrected chi connectivity index (χ1v) is 11.7. The average molecular weight is 469 g/mol. The first-order valence-electron chi connectivity index (χ1n) is 11.7. The highest BCUT2D eigenvalue weighted by atomic mass is 19.4. The summed E-state index contributed by atoms with van der Waals surface area (Å²) in [5.74, 6) is 0.107. The second-order valence-corrected chi connectivity index (χ2v) is 10.00. The largest absolute Gasteiger partial charge is 0.473 e. The Bertz CT molecular complexity index is 828. The van der Waals surface area contributed by atoms with E-state index >= 15 is 0 Å². The van der Waals surface area contributed by atoms with Crippen LogP contribution in [0.1, 0.15) is 43.2 Å². The van der Waals surface area contributed by atoms with Crippen LogP contribution in [0.15, 0.2) is 24.3 Å². The molecule has 1 saturated heterocycles. The number of hydrogen-bond donors (Lipinski definition) is 2. The van der Waals surface area contributed by atoms with Crippen molar-refractivity contribution in [2.75, 3.05) is 26.2 Å². The number of rotatable bonds is 3. The van der Waals surface area contributed by atoms with Gasteiger partial charge in [0.25, 0.3) is 0 Å². The molecule has 5 fully saturated rings. The summed E-state index contributed by atoms with van der Waals surface area (Å²) in [6.07, 6.45) is 2.92. The zero-order valence-corrected chi connectivity index (χ0v) is 18.5. The summed E-state index contributed by atoms with van der Waals surface area (Å²) in [6.45, 7) is 4.21. The Kier molecular flexibility index (Phi) is 7.00. The Hall–Kier alpha value is -2.13. The molecule has 33 heavy (non-hydrogen) atoms. The smallest absolute Gasteiger partial charge is 0.416 e. The van der Waals surface area contributed by atoms with E-state index in [0.717, 1.165) is 55.9 Å². The Morgan fingerprint density at radius 1 is 0.848 bits per heavy atom. The lowest BCUT2D eigenvalue weighted by Gasteiger charge is -2.58. The van der Waals surface area contributed by atoms with Crippen molar-refractivity contribution < 1.29 is 33.0 Å². The Morgan fingerprint density at radius 2 is 1.36 bits per heavy atom. The number of hydrogen-bond acceptors (Lipinski definition) is 4. The fourth-order valence-electron chi connectivity index (χ4n) is 6.89. The molecule has 0 atom stereocenters. The van der Waals surface area contributed by atoms with E-state index in [2.05, 4.69) is 9.80 Å². The van der Waals surface area contributed by atoms with Crippen LogP contribution in [0.5, 0.6) is 0 Å². The molecule has 0 radical (unpaired) electrons. The quantitative estimate of drug-likeness (QED) is 0.657. The molecule has 1 heterocycles. The van der Waals surface area contributed by atoms with Crippen molar-refractivity contribution in [2.45, 2.75) is 50.9 Å². The SMILES string of the molecule is FC(F)(F)c1ccccc1CN1CCN(C2C3CC4CC(C3)CC2C4)CC1.O=C(O)C(=O)O. The lowest BCUT2D eigenvalue weighted by atomic mass is 9.54. The average Bonchev–Trinajstić information content (AvgIpc) is 2.74. The third-order valence-electron chi connectivity index (χ3n) is 7.91. The van der Waals surface area contributed by atoms with Gasteiger partial charge in [-0.25, -0.2) is 9.59 Å². The van der Waals surface area contributed by atoms with E-state index in [0.29, 0.717) is 12.1 Å². The standard InChI is InChI=1S/C22H29F3N2.C2H2O4/c23-22(24,25)20-4-2-1-3-17(20)14-26-5-7-27(8-6-26)21-18-10-15-9-16(12-18)13-19(21)11-15;3-1(4)2(5)6/h1-4,15-16,18-19,21H,5-14H2;(H,3,4)(H,5,6). The van der Waals surface area contributed by atoms with Gasteiger partial charge in [-0.3, -0.25) is 9.80 Å². The number of alkyl halides is 3. The maximum atomic E-state index is 13.2. The number of benzene rings is 1. The van der Waals surface area contributed by atoms with Crippen LogP contribution >= 0.6 is 0 Å². The molecule has 4 saturated carbocycles. The highest BCUT2D eigenvalue weighted by Crippen LogP contribution is 2.55. The van der Waals surface area contributed by atoms with Gasteiger partial charge in [0, 0.05) is 38.8 Å². The van der Waals surface area contributed by atoms with Crippen LogP contribution < -0.4 is 0 Å². The van der Waals surface area contributed by atoms with Crippen LogP contribution in [0.3, 0.4) is 0 Å². The maximum absolute atomic E-state index is 13.2. The first-order chi connectivity index (χ1) is 15.6. The second-order valence-electron chi connectivity index (χ2n) is 10.00. The molecule has 1 aliphatic heterocycles. The molecule has 0 unspecified atom stereocenters. The minimum atomic E-state index is -4.27. The Labute approximate surface area is 191 Å². The summed E-state index contributed by atoms with van der Waals surface area (Å²) >= 11 is 0. The van der Waals surface area contributed by atoms with Crippen molar-refractivity contribution >= 4 is 11.9 Å². The predicted octanol–water partition coefficient (Wildman–Crippen LogP) is 3.80. The fourth-order valence-corrected chi connectivity index (χ4v) is 6.89. The Morgan fingerprint density at radius 3 is 1.85 bits per heavy atom. The molecule has 0 spiro atoms. The van der Waals surface area contributed by atoms with Crippen LogP contribution in [-0.4, -0.2) is 64.2 Å². The van der Waals surface area contributed by atoms with Crippen LogP contribution in [0.2, 0.25) is 0 Å². The predicted molar refractivity (Wildman–Crippen MR) is 114 cm³/mol. The van der Waals surface area contributed by atoms with Crippen molar-refractivity contribution in [3.63, 3.8) is 0 Å². The molecular weight excluding hydrogens is 437 g/mol. The molecular formula is C24H31F3N2O4. The van der Waals surface area contributed by atoms with E-state index in [4.69, 9.17) is 19.8 Å². The molecule has 1 aromatic rings. The molecule has 9 heteroatoms. The van der Waals surface area contributed by atoms with Crippen molar-refractivity contribution in [2.24, 2.45) is 23.7 Å². The number of aliphatic carboxylic acids is 2. The molecule has 4 bridgehead atoms. The Balaban J connectivity index is 0.000000385. The normalized spacial score (nSPS) is 31.7. The number of carbonyl (C=O) groups is 2. The van der Waals surface area contributed by atoms with Crippen LogP contribution in [0.4, 0.5) is 13.2 Å². The van der Waals surface area contributed by atoms with E-state index in [-0.39, 0.29) is 0 Å². The van der Waals surface area contributed by atoms with Gasteiger partial charge in [-0.1, -0.05) is 18.2 Å². The molecule has 6 nitrogen and oxygen atoms in total. The minimum Gasteiger partial charge on any atom is -0.473 e. The fraction of sp³-hybridized carbons (Fsp3) is 0.667. The van der Waals surface area contributed by atoms with E-state index in [9.17, 15) is 13.2 Å². The number of halogens is 3. The van der Waals surface area contributed by atoms with Gasteiger partial charge >= 0.3 is 18.1 Å². The molecule has 4 aliphatic carbocycles. The summed E-state index contributed by atoms with van der Waals surface area (Å²) in [6, 6.07) is 6.79. The summed E-state index contributed by atoms with van der Waals surface area (Å²) in [5.41, 5.74) is -0.0680. The van der Waals surface area contributed by atoms with Gasteiger partial charge in [0.2, 0.25) is 0 Å². The van der Waals surface area contributed by atoms with Crippen molar-refractivity contribution in [1.29, 1.82) is 0 Å². The summed E-state index contributed by atoms with van der Waals surface area (Å²) in [7, 11) is 0. The van der Waals surface area contributed by atoms with Gasteiger partial charge < -0.3 is 10.2 Å². The number of nitrogens with zero attached hydrogens (tertiary/aromatic N) is 2. The number of piperazine rings is 1. The van der Waals surface area contributed by atoms with Crippen molar-refractivity contribution in [3.05, 3.63) is 35.4 Å². The highest BCUT2D eigenvalue weighted by molar-refractivity contribution is 6.27. The summed E-state index contributed by atoms with van der Waals surface area (Å²) < 4.78 is 39.7. The van der Waals surface area contributed by atoms with Gasteiger partial charge in [0.05, 0.1) is 5.56 Å². The van der Waals surface area contributed by atoms with Crippen molar-refractivity contribution in [1.82, 2.24) is 9.80 Å². The zero-order chi connectivity index (χ0) is 23.8. The van der Waals surface area contributed by atoms with Crippen molar-refractivity contribution in [3.8, 4) is 0 Å². The molecule has 6 rings (SSSR count). The van der Waals surface area contributed by atoms with Gasteiger partial charge in [0.1, 0.15) is 0 Å². The van der Waals surface area contributed by atoms with Gasteiger partial charge in [-0.15, -0.1) is 0 Å². The lowest BCUT2D eigenvalue weighted by molar-refractivity contribution is -0.159. The summed E-state index contributed by atoms with van der Waals surface area (Å²) in [4.78, 5) is 23.1. The molecule has 0 aromatic heterocycles. The van der Waals surface area contributed by atoms with Gasteiger partial charge in [-0.05, 0) is 67.4 Å². The number of carboxylic acids is 2. The lowest BCUT2D eigenvalue weighted by Crippen LogP contribution is -2.60. The third-order valence-corrected chi connectivity index (χ3v) is 7.91. The minimum absolute atomic E-state index is 0.408. The maximum Gasteiger partial charge on any atom is 0.416 e. The molecule has 5 aliphatic rings. The monoisotopic (exact) mass is 468 g/mol. The second kappa shape index (κ2) is 9.62. The molecule has 0 amide bonds. The van der Waals surface area contributed by atoms with E-state index in [1.807, 2.05) is 0 Å². The van der Waals surface area contributed by atoms with Crippen LogP contribution in [0.25, 0.3) is 0 Å². The van der Waals surface area contributed by atoms with Crippen LogP contribution in [0, 0.1) is 23.7 Å². The molecule has 182 valence electrons. The molecule has 1 aromatic carbocycles. The molecule has 2 N–H and O–H groups in total. The van der Waals surface area contributed by atoms with E-state index in [1.54, 1.807) is 12.1 Å². The zero-order valence-electron chi connectivity index (χ0n) is 18.5. The van der Waals surface area contributed by atoms with Crippen LogP contribution in [-0.2, 0) is 22.3 Å². The van der Waals surface area contributed by atoms with Gasteiger partial charge in [-0.2, -0.15) is 13.2 Å². The third kappa shape index (κ3) is 5.51. The van der Waals surface area contributed by atoms with E-state index < -0.39 is 23.7 Å². The number of carboxylic acid groups (broad SMARTS) is 2. The van der Waals surface area contributed by atoms with E-state index in [1.165, 1.54) is 44.2 Å². The van der Waals surface area contributed by atoms with Gasteiger partial charge in [0.15, 0.2) is 0 Å². The first kappa shape index (κ1) is 24.0. The summed E-state index contributed by atoms with van der Waals surface area (Å²) in [5, 5.41) is 14.8. The highest BCUT2D eigenvalue weighted by Gasteiger charge is 2.50. The topological polar surface area (TPSA) is 81.1 Å².